The van der Waals surface area contributed by atoms with Gasteiger partial charge in [0.15, 0.2) is 5.89 Å². The summed E-state index contributed by atoms with van der Waals surface area (Å²) in [5, 5.41) is 11.9. The number of carbonyl (C=O) groups excluding carboxylic acids is 1. The van der Waals surface area contributed by atoms with Crippen molar-refractivity contribution in [2.45, 2.75) is 40.2 Å². The summed E-state index contributed by atoms with van der Waals surface area (Å²) in [5.41, 5.74) is 0.571. The fraction of sp³-hybridized carbons (Fsp3) is 0.667. The molecule has 1 atom stereocenters. The minimum Gasteiger partial charge on any atom is -0.436 e. The molecule has 5 heteroatoms. The van der Waals surface area contributed by atoms with E-state index in [0.29, 0.717) is 17.5 Å². The average molecular weight is 240 g/mol. The molecule has 0 aliphatic heterocycles. The van der Waals surface area contributed by atoms with Crippen LogP contribution < -0.4 is 5.32 Å². The fourth-order valence-corrected chi connectivity index (χ4v) is 1.74. The zero-order valence-corrected chi connectivity index (χ0v) is 10.8. The van der Waals surface area contributed by atoms with Gasteiger partial charge in [-0.25, -0.2) is 4.98 Å². The summed E-state index contributed by atoms with van der Waals surface area (Å²) in [6.45, 7) is 7.43. The van der Waals surface area contributed by atoms with Gasteiger partial charge in [0.2, 0.25) is 5.76 Å². The second kappa shape index (κ2) is 5.82. The van der Waals surface area contributed by atoms with Gasteiger partial charge in [-0.3, -0.25) is 4.79 Å². The number of amides is 1. The molecule has 0 fully saturated rings. The Morgan fingerprint density at radius 2 is 2.12 bits per heavy atom. The van der Waals surface area contributed by atoms with Gasteiger partial charge in [0.25, 0.3) is 5.91 Å². The van der Waals surface area contributed by atoms with E-state index in [-0.39, 0.29) is 24.3 Å². The van der Waals surface area contributed by atoms with E-state index in [2.05, 4.69) is 10.3 Å². The fourth-order valence-electron chi connectivity index (χ4n) is 1.74. The summed E-state index contributed by atoms with van der Waals surface area (Å²) in [7, 11) is 0. The van der Waals surface area contributed by atoms with Crippen molar-refractivity contribution in [3.8, 4) is 0 Å². The number of oxazole rings is 1. The predicted molar refractivity (Wildman–Crippen MR) is 63.8 cm³/mol. The van der Waals surface area contributed by atoms with Crippen molar-refractivity contribution in [1.82, 2.24) is 10.3 Å². The summed E-state index contributed by atoms with van der Waals surface area (Å²) in [6.07, 6.45) is 0.731. The first kappa shape index (κ1) is 13.7. The van der Waals surface area contributed by atoms with Crippen molar-refractivity contribution in [3.05, 3.63) is 17.3 Å². The van der Waals surface area contributed by atoms with Crippen molar-refractivity contribution in [2.75, 3.05) is 6.61 Å². The Morgan fingerprint density at radius 1 is 1.47 bits per heavy atom. The molecular formula is C12H20N2O3. The summed E-state index contributed by atoms with van der Waals surface area (Å²) >= 11 is 0. The van der Waals surface area contributed by atoms with Gasteiger partial charge in [0, 0.05) is 6.92 Å². The zero-order chi connectivity index (χ0) is 13.0. The maximum atomic E-state index is 11.9. The van der Waals surface area contributed by atoms with E-state index < -0.39 is 0 Å². The van der Waals surface area contributed by atoms with Crippen LogP contribution in [0, 0.1) is 19.8 Å². The molecule has 0 bridgehead atoms. The van der Waals surface area contributed by atoms with Gasteiger partial charge in [-0.15, -0.1) is 0 Å². The quantitative estimate of drug-likeness (QED) is 0.816. The van der Waals surface area contributed by atoms with Crippen LogP contribution in [-0.4, -0.2) is 28.6 Å². The third kappa shape index (κ3) is 3.85. The van der Waals surface area contributed by atoms with E-state index in [4.69, 9.17) is 4.42 Å². The number of aromatic nitrogens is 1. The molecule has 0 spiro atoms. The lowest BCUT2D eigenvalue weighted by molar-refractivity contribution is 0.0878. The number of nitrogens with zero attached hydrogens (tertiary/aromatic N) is 1. The number of carbonyl (C=O) groups is 1. The molecule has 0 aliphatic carbocycles. The van der Waals surface area contributed by atoms with Gasteiger partial charge < -0.3 is 14.8 Å². The third-order valence-electron chi connectivity index (χ3n) is 2.42. The van der Waals surface area contributed by atoms with Crippen LogP contribution in [0.1, 0.15) is 42.4 Å². The zero-order valence-electron chi connectivity index (χ0n) is 10.8. The highest BCUT2D eigenvalue weighted by Crippen LogP contribution is 2.10. The molecule has 1 aromatic rings. The van der Waals surface area contributed by atoms with Crippen LogP contribution in [0.25, 0.3) is 0 Å². The molecule has 2 N–H and O–H groups in total. The molecular weight excluding hydrogens is 220 g/mol. The van der Waals surface area contributed by atoms with Crippen molar-refractivity contribution in [2.24, 2.45) is 5.92 Å². The van der Waals surface area contributed by atoms with Crippen LogP contribution in [0.15, 0.2) is 4.42 Å². The van der Waals surface area contributed by atoms with Gasteiger partial charge >= 0.3 is 0 Å². The molecule has 0 radical (unpaired) electrons. The van der Waals surface area contributed by atoms with Crippen molar-refractivity contribution >= 4 is 5.91 Å². The third-order valence-corrected chi connectivity index (χ3v) is 2.42. The van der Waals surface area contributed by atoms with Crippen LogP contribution in [0.2, 0.25) is 0 Å². The molecule has 0 saturated carbocycles. The second-order valence-electron chi connectivity index (χ2n) is 4.63. The number of aliphatic hydroxyl groups excluding tert-OH is 1. The molecule has 1 aromatic heterocycles. The summed E-state index contributed by atoms with van der Waals surface area (Å²) in [4.78, 5) is 15.9. The smallest absolute Gasteiger partial charge is 0.289 e. The molecule has 1 heterocycles. The van der Waals surface area contributed by atoms with E-state index in [1.807, 2.05) is 13.8 Å². The van der Waals surface area contributed by atoms with Crippen LogP contribution in [-0.2, 0) is 0 Å². The van der Waals surface area contributed by atoms with E-state index >= 15 is 0 Å². The van der Waals surface area contributed by atoms with Crippen LogP contribution in [0.3, 0.4) is 0 Å². The average Bonchev–Trinajstić information content (AvgIpc) is 2.56. The highest BCUT2D eigenvalue weighted by atomic mass is 16.4. The van der Waals surface area contributed by atoms with Crippen LogP contribution in [0.4, 0.5) is 0 Å². The number of aryl methyl sites for hydroxylation is 2. The molecule has 17 heavy (non-hydrogen) atoms. The van der Waals surface area contributed by atoms with Gasteiger partial charge in [-0.05, 0) is 19.3 Å². The monoisotopic (exact) mass is 240 g/mol. The summed E-state index contributed by atoms with van der Waals surface area (Å²) in [5.74, 6) is 0.787. The normalized spacial score (nSPS) is 12.8. The van der Waals surface area contributed by atoms with Crippen molar-refractivity contribution in [1.29, 1.82) is 0 Å². The Balaban J connectivity index is 2.67. The lowest BCUT2D eigenvalue weighted by Crippen LogP contribution is -2.38. The Morgan fingerprint density at radius 3 is 2.53 bits per heavy atom. The molecule has 0 saturated heterocycles. The molecule has 0 aromatic carbocycles. The Hall–Kier alpha value is -1.36. The SMILES string of the molecule is Cc1nc(C)c(C(=O)NC(CO)CC(C)C)o1. The molecule has 5 nitrogen and oxygen atoms in total. The van der Waals surface area contributed by atoms with Crippen LogP contribution >= 0.6 is 0 Å². The second-order valence-corrected chi connectivity index (χ2v) is 4.63. The first-order valence-corrected chi connectivity index (χ1v) is 5.79. The number of nitrogens with one attached hydrogen (secondary N) is 1. The van der Waals surface area contributed by atoms with E-state index in [1.54, 1.807) is 13.8 Å². The molecule has 1 rings (SSSR count). The van der Waals surface area contributed by atoms with E-state index in [9.17, 15) is 9.90 Å². The summed E-state index contributed by atoms with van der Waals surface area (Å²) in [6, 6.07) is -0.243. The minimum atomic E-state index is -0.317. The highest BCUT2D eigenvalue weighted by molar-refractivity contribution is 5.92. The van der Waals surface area contributed by atoms with Gasteiger partial charge in [-0.1, -0.05) is 13.8 Å². The Labute approximate surface area is 101 Å². The Bertz CT molecular complexity index is 385. The number of hydrogen-bond acceptors (Lipinski definition) is 4. The van der Waals surface area contributed by atoms with Crippen molar-refractivity contribution in [3.63, 3.8) is 0 Å². The molecule has 1 unspecified atom stereocenters. The topological polar surface area (TPSA) is 75.4 Å². The highest BCUT2D eigenvalue weighted by Gasteiger charge is 2.19. The van der Waals surface area contributed by atoms with E-state index in [0.717, 1.165) is 6.42 Å². The lowest BCUT2D eigenvalue weighted by Gasteiger charge is -2.17. The minimum absolute atomic E-state index is 0.0733. The first-order chi connectivity index (χ1) is 7.93. The summed E-state index contributed by atoms with van der Waals surface area (Å²) < 4.78 is 5.22. The predicted octanol–water partition coefficient (Wildman–Crippen LogP) is 1.43. The number of rotatable bonds is 5. The van der Waals surface area contributed by atoms with Gasteiger partial charge in [-0.2, -0.15) is 0 Å². The van der Waals surface area contributed by atoms with Crippen LogP contribution in [0.5, 0.6) is 0 Å². The van der Waals surface area contributed by atoms with Gasteiger partial charge in [0.1, 0.15) is 0 Å². The maximum absolute atomic E-state index is 11.9. The van der Waals surface area contributed by atoms with Gasteiger partial charge in [0.05, 0.1) is 18.3 Å². The molecule has 96 valence electrons. The lowest BCUT2D eigenvalue weighted by atomic mass is 10.0. The Kier molecular flexibility index (Phi) is 4.69. The number of aliphatic hydroxyl groups is 1. The largest absolute Gasteiger partial charge is 0.436 e. The van der Waals surface area contributed by atoms with E-state index in [1.165, 1.54) is 0 Å². The first-order valence-electron chi connectivity index (χ1n) is 5.79. The molecule has 0 aliphatic rings. The van der Waals surface area contributed by atoms with Crippen molar-refractivity contribution < 1.29 is 14.3 Å². The number of hydrogen-bond donors (Lipinski definition) is 2. The standard InChI is InChI=1S/C12H20N2O3/c1-7(2)5-10(6-15)14-12(16)11-8(3)13-9(4)17-11/h7,10,15H,5-6H2,1-4H3,(H,14,16). The maximum Gasteiger partial charge on any atom is 0.289 e. The molecule has 1 amide bonds.